The average Bonchev–Trinajstić information content (AvgIpc) is 3.62. The molecule has 0 saturated heterocycles. The summed E-state index contributed by atoms with van der Waals surface area (Å²) in [6.45, 7) is 8.46. The molecule has 0 bridgehead atoms. The highest BCUT2D eigenvalue weighted by Gasteiger charge is 2.13. The van der Waals surface area contributed by atoms with E-state index in [0.29, 0.717) is 0 Å². The minimum atomic E-state index is 0.970. The monoisotopic (exact) mass is 674 g/mol. The van der Waals surface area contributed by atoms with Crippen LogP contribution in [0.15, 0.2) is 158 Å². The molecule has 7 aromatic rings. The Morgan fingerprint density at radius 3 is 0.784 bits per heavy atom. The fraction of sp³-hybridized carbons (Fsp3) is 0.0833. The van der Waals surface area contributed by atoms with Gasteiger partial charge in [-0.15, -0.1) is 11.3 Å². The molecule has 0 radical (unpaired) electrons. The van der Waals surface area contributed by atoms with Crippen LogP contribution in [0, 0.1) is 51.4 Å². The molecule has 51 heavy (non-hydrogen) atoms. The van der Waals surface area contributed by atoms with Gasteiger partial charge in [0.15, 0.2) is 0 Å². The van der Waals surface area contributed by atoms with Crippen molar-refractivity contribution in [3.05, 3.63) is 201 Å². The molecule has 246 valence electrons. The maximum atomic E-state index is 3.35. The minimum Gasteiger partial charge on any atom is -0.311 e. The maximum Gasteiger partial charge on any atom is 0.0785 e. The summed E-state index contributed by atoms with van der Waals surface area (Å²) in [6, 6.07) is 55.6. The Morgan fingerprint density at radius 2 is 0.529 bits per heavy atom. The first-order valence-electron chi connectivity index (χ1n) is 17.1. The zero-order valence-corrected chi connectivity index (χ0v) is 30.1. The van der Waals surface area contributed by atoms with Crippen LogP contribution >= 0.6 is 11.3 Å². The molecule has 0 fully saturated rings. The minimum absolute atomic E-state index is 0.970. The second-order valence-electron chi connectivity index (χ2n) is 12.8. The number of nitrogens with zero attached hydrogens (tertiary/aromatic N) is 2. The van der Waals surface area contributed by atoms with Gasteiger partial charge in [0, 0.05) is 45.3 Å². The van der Waals surface area contributed by atoms with Crippen LogP contribution in [0.1, 0.15) is 43.1 Å². The number of aryl methyl sites for hydroxylation is 4. The van der Waals surface area contributed by atoms with Crippen molar-refractivity contribution in [2.24, 2.45) is 0 Å². The highest BCUT2D eigenvalue weighted by molar-refractivity contribution is 7.13. The summed E-state index contributed by atoms with van der Waals surface area (Å²) in [5, 5.41) is 0. The van der Waals surface area contributed by atoms with Crippen LogP contribution in [0.5, 0.6) is 0 Å². The van der Waals surface area contributed by atoms with Gasteiger partial charge in [0.2, 0.25) is 0 Å². The first kappa shape index (κ1) is 33.2. The standard InChI is InChI=1S/C48H38N2S/c1-35-5-19-41(20-6-35)49(42-21-7-36(2)8-22-42)45-27-13-39(14-28-45)17-31-47-33-34-48(51-47)32-18-40-15-29-46(30-16-40)50(43-23-9-37(3)10-24-43)44-25-11-38(4)12-26-44/h5-16,19-30,33-34H,1-4H3. The molecule has 0 aliphatic rings. The Balaban J connectivity index is 1.06. The largest absolute Gasteiger partial charge is 0.311 e. The number of rotatable bonds is 6. The molecule has 0 aliphatic carbocycles. The molecular formula is C48H38N2S. The summed E-state index contributed by atoms with van der Waals surface area (Å²) in [6.07, 6.45) is 0. The van der Waals surface area contributed by atoms with Gasteiger partial charge in [0.05, 0.1) is 9.75 Å². The number of benzene rings is 6. The molecule has 0 N–H and O–H groups in total. The summed E-state index contributed by atoms with van der Waals surface area (Å²) >= 11 is 1.62. The van der Waals surface area contributed by atoms with E-state index in [1.165, 1.54) is 22.3 Å². The normalized spacial score (nSPS) is 10.4. The maximum absolute atomic E-state index is 3.35. The second kappa shape index (κ2) is 15.1. The van der Waals surface area contributed by atoms with E-state index in [0.717, 1.165) is 55.0 Å². The Morgan fingerprint density at radius 1 is 0.294 bits per heavy atom. The van der Waals surface area contributed by atoms with Crippen molar-refractivity contribution in [1.82, 2.24) is 0 Å². The molecule has 3 heteroatoms. The van der Waals surface area contributed by atoms with Gasteiger partial charge in [-0.3, -0.25) is 0 Å². The van der Waals surface area contributed by atoms with Gasteiger partial charge in [-0.05, 0) is 137 Å². The van der Waals surface area contributed by atoms with E-state index < -0.39 is 0 Å². The predicted molar refractivity (Wildman–Crippen MR) is 217 cm³/mol. The summed E-state index contributed by atoms with van der Waals surface area (Å²) in [4.78, 5) is 6.54. The lowest BCUT2D eigenvalue weighted by Gasteiger charge is -2.25. The molecule has 0 spiro atoms. The van der Waals surface area contributed by atoms with Crippen molar-refractivity contribution >= 4 is 45.5 Å². The molecule has 1 heterocycles. The Kier molecular flexibility index (Phi) is 9.84. The summed E-state index contributed by atoms with van der Waals surface area (Å²) in [5.41, 5.74) is 13.6. The zero-order chi connectivity index (χ0) is 35.2. The quantitative estimate of drug-likeness (QED) is 0.162. The molecule has 7 rings (SSSR count). The molecular weight excluding hydrogens is 637 g/mol. The molecule has 6 aromatic carbocycles. The lowest BCUT2D eigenvalue weighted by atomic mass is 10.1. The van der Waals surface area contributed by atoms with Crippen molar-refractivity contribution in [1.29, 1.82) is 0 Å². The number of thiophene rings is 1. The van der Waals surface area contributed by atoms with Crippen LogP contribution in [0.3, 0.4) is 0 Å². The lowest BCUT2D eigenvalue weighted by molar-refractivity contribution is 1.27. The Bertz CT molecular complexity index is 2100. The van der Waals surface area contributed by atoms with Crippen LogP contribution in [-0.4, -0.2) is 0 Å². The lowest BCUT2D eigenvalue weighted by Crippen LogP contribution is -2.09. The van der Waals surface area contributed by atoms with Crippen molar-refractivity contribution in [2.45, 2.75) is 27.7 Å². The highest BCUT2D eigenvalue weighted by Crippen LogP contribution is 2.36. The van der Waals surface area contributed by atoms with Crippen LogP contribution in [0.25, 0.3) is 0 Å². The third-order valence-electron chi connectivity index (χ3n) is 8.69. The fourth-order valence-corrected chi connectivity index (χ4v) is 6.51. The second-order valence-corrected chi connectivity index (χ2v) is 13.9. The number of anilines is 6. The summed E-state index contributed by atoms with van der Waals surface area (Å²) in [7, 11) is 0. The molecule has 0 aliphatic heterocycles. The molecule has 0 amide bonds. The topological polar surface area (TPSA) is 6.48 Å². The van der Waals surface area contributed by atoms with Crippen molar-refractivity contribution in [3.8, 4) is 23.7 Å². The van der Waals surface area contributed by atoms with Gasteiger partial charge < -0.3 is 9.80 Å². The zero-order valence-electron chi connectivity index (χ0n) is 29.3. The van der Waals surface area contributed by atoms with Gasteiger partial charge in [0.1, 0.15) is 0 Å². The van der Waals surface area contributed by atoms with Crippen molar-refractivity contribution in [3.63, 3.8) is 0 Å². The van der Waals surface area contributed by atoms with Gasteiger partial charge in [-0.1, -0.05) is 94.5 Å². The molecule has 0 saturated carbocycles. The van der Waals surface area contributed by atoms with E-state index in [1.807, 2.05) is 0 Å². The first-order chi connectivity index (χ1) is 24.9. The SMILES string of the molecule is Cc1ccc(N(c2ccc(C)cc2)c2ccc(C#Cc3ccc(C#Cc4ccc(N(c5ccc(C)cc5)c5ccc(C)cc5)cc4)s3)cc2)cc1. The third-order valence-corrected chi connectivity index (χ3v) is 9.60. The molecule has 2 nitrogen and oxygen atoms in total. The third kappa shape index (κ3) is 8.14. The van der Waals surface area contributed by atoms with Crippen LogP contribution in [0.2, 0.25) is 0 Å². The summed E-state index contributed by atoms with van der Waals surface area (Å²) < 4.78 is 0. The first-order valence-corrected chi connectivity index (χ1v) is 17.9. The van der Waals surface area contributed by atoms with E-state index in [2.05, 4.69) is 219 Å². The molecule has 0 atom stereocenters. The molecule has 0 unspecified atom stereocenters. The summed E-state index contributed by atoms with van der Waals surface area (Å²) in [5.74, 6) is 13.4. The Hall–Kier alpha value is -6.26. The number of hydrogen-bond acceptors (Lipinski definition) is 3. The van der Waals surface area contributed by atoms with Gasteiger partial charge in [0.25, 0.3) is 0 Å². The van der Waals surface area contributed by atoms with Crippen LogP contribution < -0.4 is 9.80 Å². The fourth-order valence-electron chi connectivity index (χ4n) is 5.80. The van der Waals surface area contributed by atoms with E-state index in [9.17, 15) is 0 Å². The molecule has 1 aromatic heterocycles. The van der Waals surface area contributed by atoms with E-state index in [4.69, 9.17) is 0 Å². The van der Waals surface area contributed by atoms with Crippen LogP contribution in [0.4, 0.5) is 34.1 Å². The average molecular weight is 675 g/mol. The van der Waals surface area contributed by atoms with Gasteiger partial charge >= 0.3 is 0 Å². The van der Waals surface area contributed by atoms with Crippen LogP contribution in [-0.2, 0) is 0 Å². The Labute approximate surface area is 306 Å². The van der Waals surface area contributed by atoms with Crippen molar-refractivity contribution in [2.75, 3.05) is 9.80 Å². The van der Waals surface area contributed by atoms with Crippen molar-refractivity contribution < 1.29 is 0 Å². The van der Waals surface area contributed by atoms with E-state index >= 15 is 0 Å². The van der Waals surface area contributed by atoms with Gasteiger partial charge in [-0.2, -0.15) is 0 Å². The highest BCUT2D eigenvalue weighted by atomic mass is 32.1. The van der Waals surface area contributed by atoms with E-state index in [-0.39, 0.29) is 0 Å². The number of hydrogen-bond donors (Lipinski definition) is 0. The smallest absolute Gasteiger partial charge is 0.0785 e. The predicted octanol–water partition coefficient (Wildman–Crippen LogP) is 12.7. The van der Waals surface area contributed by atoms with E-state index in [1.54, 1.807) is 11.3 Å². The van der Waals surface area contributed by atoms with Gasteiger partial charge in [-0.25, -0.2) is 0 Å².